The molecule has 0 bridgehead atoms. The van der Waals surface area contributed by atoms with Crippen LogP contribution in [0, 0.1) is 0 Å². The van der Waals surface area contributed by atoms with E-state index >= 15 is 0 Å². The first-order valence-electron chi connectivity index (χ1n) is 0.383. The predicted molar refractivity (Wildman–Crippen MR) is 17.0 cm³/mol. The third-order valence-electron chi connectivity index (χ3n) is 0. The third-order valence-corrected chi connectivity index (χ3v) is 0. The van der Waals surface area contributed by atoms with Crippen molar-refractivity contribution in [3.63, 3.8) is 0 Å². The van der Waals surface area contributed by atoms with Crippen molar-refractivity contribution in [2.75, 3.05) is 0 Å². The molecule has 30 valence electrons. The molecule has 0 spiro atoms. The molecule has 1 N–H and O–H groups in total. The van der Waals surface area contributed by atoms with Gasteiger partial charge in [0.1, 0.15) is 0 Å². The second-order valence-electron chi connectivity index (χ2n) is 0.0816. The van der Waals surface area contributed by atoms with Crippen LogP contribution in [-0.2, 0) is 21.1 Å². The van der Waals surface area contributed by atoms with E-state index in [2.05, 4.69) is 0 Å². The molecule has 0 rings (SSSR count). The van der Waals surface area contributed by atoms with Crippen molar-refractivity contribution in [3.8, 4) is 0 Å². The minimum absolute atomic E-state index is 0. The predicted octanol–water partition coefficient (Wildman–Crippen LogP) is -0.466. The summed E-state index contributed by atoms with van der Waals surface area (Å²) in [5.74, 6) is 0. The Labute approximate surface area is 63.8 Å². The summed E-state index contributed by atoms with van der Waals surface area (Å²) in [5.41, 5.74) is 0. The van der Waals surface area contributed by atoms with Gasteiger partial charge in [0.25, 0.3) is 0 Å². The van der Waals surface area contributed by atoms with Crippen LogP contribution in [-0.4, -0.2) is 34.5 Å². The zero-order valence-corrected chi connectivity index (χ0v) is 3.50. The van der Waals surface area contributed by atoms with E-state index in [4.69, 9.17) is 9.46 Å². The van der Waals surface area contributed by atoms with E-state index in [1.165, 1.54) is 0 Å². The fraction of sp³-hybridized carbons (Fsp3) is 0. The van der Waals surface area contributed by atoms with Gasteiger partial charge in [0.15, 0.2) is 0 Å². The summed E-state index contributed by atoms with van der Waals surface area (Å²) in [5, 5.41) is 0. The van der Waals surface area contributed by atoms with Gasteiger partial charge in [-0.2, -0.15) is 0 Å². The molecule has 2 nitrogen and oxygen atoms in total. The van der Waals surface area contributed by atoms with Gasteiger partial charge in [0.2, 0.25) is 0 Å². The molecule has 0 radical (unpaired) electrons. The molecule has 0 aromatic heterocycles. The first-order valence-corrected chi connectivity index (χ1v) is 1.15. The van der Waals surface area contributed by atoms with Gasteiger partial charge >= 0.3 is 38.2 Å². The van der Waals surface area contributed by atoms with Crippen molar-refractivity contribution in [1.29, 1.82) is 0 Å². The molecule has 0 amide bonds. The van der Waals surface area contributed by atoms with Crippen LogP contribution in [0.25, 0.3) is 0 Å². The Morgan fingerprint density at radius 1 is 1.60 bits per heavy atom. The van der Waals surface area contributed by atoms with Crippen molar-refractivity contribution in [2.24, 2.45) is 0 Å². The maximum Gasteiger partial charge on any atom is 0 e. The number of hydrogen-bond donors (Lipinski definition) is 1. The van der Waals surface area contributed by atoms with Gasteiger partial charge in [0, 0.05) is 16.5 Å². The monoisotopic (exact) mass is 146 g/mol. The van der Waals surface area contributed by atoms with E-state index in [1.54, 1.807) is 0 Å². The molecule has 0 saturated carbocycles. The summed E-state index contributed by atoms with van der Waals surface area (Å²) in [4.78, 5) is 6.99. The average Bonchev–Trinajstić information content (AvgIpc) is 0.918. The van der Waals surface area contributed by atoms with Crippen LogP contribution in [0.2, 0.25) is 0 Å². The van der Waals surface area contributed by atoms with E-state index < -0.39 is 8.69 Å². The summed E-state index contributed by atoms with van der Waals surface area (Å²) in [6, 6.07) is 0. The van der Waals surface area contributed by atoms with Gasteiger partial charge in [-0.1, -0.05) is 0 Å². The number of hydrogen-bond acceptors (Lipinski definition) is 1. The molecular weight excluding hydrogens is 145 g/mol. The second-order valence-corrected chi connectivity index (χ2v) is 0.245. The molecule has 0 fully saturated rings. The van der Waals surface area contributed by atoms with Crippen molar-refractivity contribution in [3.05, 3.63) is 0 Å². The number of rotatable bonds is 0. The molecule has 0 saturated heterocycles. The topological polar surface area (TPSA) is 37.3 Å². The quantitative estimate of drug-likeness (QED) is 0.371. The molecular formula is H2NaNiO2P. The molecule has 0 aliphatic rings. The molecule has 0 aromatic carbocycles. The largest absolute Gasteiger partial charge is 0 e. The Bertz CT molecular complexity index is 17.1. The van der Waals surface area contributed by atoms with Crippen LogP contribution in [0.15, 0.2) is 0 Å². The fourth-order valence-electron chi connectivity index (χ4n) is 0. The maximum atomic E-state index is 8.46. The summed E-state index contributed by atoms with van der Waals surface area (Å²) in [6.45, 7) is 0. The Kier molecular flexibility index (Phi) is 56.5. The minimum Gasteiger partial charge on any atom is 0 e. The SMILES string of the molecule is O=PO.[NaH].[Ni]. The fourth-order valence-corrected chi connectivity index (χ4v) is 0. The first kappa shape index (κ1) is 16.0. The maximum absolute atomic E-state index is 8.46. The third kappa shape index (κ3) is 29.1. The van der Waals surface area contributed by atoms with Crippen molar-refractivity contribution < 1.29 is 25.9 Å². The Balaban J connectivity index is -0.0000000200. The second kappa shape index (κ2) is 17.7. The summed E-state index contributed by atoms with van der Waals surface area (Å²) >= 11 is 0. The van der Waals surface area contributed by atoms with Crippen molar-refractivity contribution in [1.82, 2.24) is 0 Å². The minimum atomic E-state index is -0.833. The first-order chi connectivity index (χ1) is 1.41. The normalized spacial score (nSPS) is 4.20. The van der Waals surface area contributed by atoms with Gasteiger partial charge < -0.3 is 4.89 Å². The molecule has 0 aromatic rings. The summed E-state index contributed by atoms with van der Waals surface area (Å²) < 4.78 is 8.46. The molecule has 0 aliphatic heterocycles. The smallest absolute Gasteiger partial charge is 0 e. The molecule has 0 heterocycles. The van der Waals surface area contributed by atoms with Gasteiger partial charge in [-0.15, -0.1) is 0 Å². The van der Waals surface area contributed by atoms with Gasteiger partial charge in [-0.05, 0) is 0 Å². The molecule has 5 heavy (non-hydrogen) atoms. The van der Waals surface area contributed by atoms with E-state index in [-0.39, 0.29) is 46.0 Å². The van der Waals surface area contributed by atoms with Crippen molar-refractivity contribution >= 4 is 38.2 Å². The molecule has 0 atom stereocenters. The van der Waals surface area contributed by atoms with E-state index in [1.807, 2.05) is 0 Å². The van der Waals surface area contributed by atoms with E-state index in [0.717, 1.165) is 0 Å². The van der Waals surface area contributed by atoms with Gasteiger partial charge in [-0.25, -0.2) is 4.57 Å². The van der Waals surface area contributed by atoms with E-state index in [0.29, 0.717) is 0 Å². The standard InChI is InChI=1S/Na.Ni.HO2P.H/c;;1-3-2;/h;;(H,1,2);. The zero-order valence-electron chi connectivity index (χ0n) is 1.62. The summed E-state index contributed by atoms with van der Waals surface area (Å²) in [6.07, 6.45) is 0. The van der Waals surface area contributed by atoms with E-state index in [9.17, 15) is 0 Å². The molecule has 0 unspecified atom stereocenters. The van der Waals surface area contributed by atoms with Crippen LogP contribution in [0.3, 0.4) is 0 Å². The Morgan fingerprint density at radius 3 is 1.60 bits per heavy atom. The Morgan fingerprint density at radius 2 is 1.60 bits per heavy atom. The van der Waals surface area contributed by atoms with Crippen LogP contribution < -0.4 is 0 Å². The average molecular weight is 147 g/mol. The summed E-state index contributed by atoms with van der Waals surface area (Å²) in [7, 11) is -0.833. The van der Waals surface area contributed by atoms with Crippen molar-refractivity contribution in [2.45, 2.75) is 0 Å². The molecule has 5 heteroatoms. The van der Waals surface area contributed by atoms with Crippen LogP contribution in [0.5, 0.6) is 0 Å². The van der Waals surface area contributed by atoms with Crippen LogP contribution in [0.4, 0.5) is 0 Å². The Hall–Kier alpha value is 1.55. The van der Waals surface area contributed by atoms with Crippen LogP contribution >= 0.6 is 8.69 Å². The molecule has 0 aliphatic carbocycles. The van der Waals surface area contributed by atoms with Gasteiger partial charge in [0.05, 0.1) is 0 Å². The van der Waals surface area contributed by atoms with Crippen LogP contribution in [0.1, 0.15) is 0 Å². The zero-order chi connectivity index (χ0) is 2.71. The van der Waals surface area contributed by atoms with Gasteiger partial charge in [-0.3, -0.25) is 0 Å².